The number of nitrogens with zero attached hydrogens (tertiary/aromatic N) is 5. The van der Waals surface area contributed by atoms with Crippen molar-refractivity contribution in [3.8, 4) is 0 Å². The fourth-order valence-corrected chi connectivity index (χ4v) is 4.64. The highest BCUT2D eigenvalue weighted by molar-refractivity contribution is 7.20. The molecule has 1 N–H and O–H groups in total. The Balaban J connectivity index is 1.52. The van der Waals surface area contributed by atoms with Gasteiger partial charge in [0.2, 0.25) is 16.0 Å². The number of fused-ring (bicyclic) bond motifs is 1. The summed E-state index contributed by atoms with van der Waals surface area (Å²) in [6.45, 7) is 8.32. The van der Waals surface area contributed by atoms with E-state index in [1.165, 1.54) is 34.8 Å². The predicted octanol–water partition coefficient (Wildman–Crippen LogP) is 1.91. The van der Waals surface area contributed by atoms with E-state index in [9.17, 15) is 9.59 Å². The predicted molar refractivity (Wildman–Crippen MR) is 117 cm³/mol. The number of carbonyl (C=O) groups excluding carboxylic acids is 1. The van der Waals surface area contributed by atoms with Gasteiger partial charge < -0.3 is 15.1 Å². The van der Waals surface area contributed by atoms with Gasteiger partial charge >= 0.3 is 0 Å². The van der Waals surface area contributed by atoms with Crippen molar-refractivity contribution in [2.45, 2.75) is 46.0 Å². The Labute approximate surface area is 175 Å². The Morgan fingerprint density at radius 1 is 1.38 bits per heavy atom. The van der Waals surface area contributed by atoms with Gasteiger partial charge in [0.15, 0.2) is 0 Å². The van der Waals surface area contributed by atoms with Crippen molar-refractivity contribution in [1.29, 1.82) is 0 Å². The van der Waals surface area contributed by atoms with Crippen LogP contribution in [0.3, 0.4) is 0 Å². The van der Waals surface area contributed by atoms with Gasteiger partial charge in [-0.3, -0.25) is 9.59 Å². The first kappa shape index (κ1) is 21.7. The van der Waals surface area contributed by atoms with E-state index in [0.29, 0.717) is 23.7 Å². The number of anilines is 1. The summed E-state index contributed by atoms with van der Waals surface area (Å²) in [5, 5.41) is 8.30. The average molecular weight is 421 g/mol. The zero-order valence-electron chi connectivity index (χ0n) is 17.7. The first-order valence-electron chi connectivity index (χ1n) is 10.6. The van der Waals surface area contributed by atoms with Gasteiger partial charge in [-0.2, -0.15) is 4.52 Å². The maximum absolute atomic E-state index is 12.6. The second-order valence-electron chi connectivity index (χ2n) is 7.90. The molecule has 1 unspecified atom stereocenters. The Kier molecular flexibility index (Phi) is 7.60. The van der Waals surface area contributed by atoms with Crippen molar-refractivity contribution < 1.29 is 4.79 Å². The van der Waals surface area contributed by atoms with Gasteiger partial charge in [-0.15, -0.1) is 5.10 Å². The third-order valence-corrected chi connectivity index (χ3v) is 6.30. The van der Waals surface area contributed by atoms with E-state index in [-0.39, 0.29) is 17.4 Å². The molecule has 2 aromatic heterocycles. The maximum Gasteiger partial charge on any atom is 0.275 e. The molecule has 3 heterocycles. The van der Waals surface area contributed by atoms with E-state index in [4.69, 9.17) is 0 Å². The standard InChI is InChI=1S/C20H32N6O2S/c1-4-5-10-24(3)11-7-9-21-18(28)16-8-6-12-25(14-16)20-23-26-17(27)13-15(2)22-19(26)29-20/h13,16H,4-12,14H2,1-3H3,(H,21,28). The summed E-state index contributed by atoms with van der Waals surface area (Å²) in [6.07, 6.45) is 5.22. The smallest absolute Gasteiger partial charge is 0.275 e. The third kappa shape index (κ3) is 5.76. The molecule has 8 nitrogen and oxygen atoms in total. The number of aryl methyl sites for hydroxylation is 1. The highest BCUT2D eigenvalue weighted by Crippen LogP contribution is 2.26. The number of aromatic nitrogens is 3. The molecular formula is C20H32N6O2S. The minimum Gasteiger partial charge on any atom is -0.356 e. The van der Waals surface area contributed by atoms with Crippen LogP contribution in [-0.2, 0) is 4.79 Å². The molecule has 1 fully saturated rings. The van der Waals surface area contributed by atoms with E-state index < -0.39 is 0 Å². The van der Waals surface area contributed by atoms with E-state index in [2.05, 4.69) is 39.2 Å². The van der Waals surface area contributed by atoms with Crippen LogP contribution in [0.25, 0.3) is 4.96 Å². The monoisotopic (exact) mass is 420 g/mol. The van der Waals surface area contributed by atoms with Crippen molar-refractivity contribution in [3.05, 3.63) is 22.1 Å². The molecule has 1 atom stereocenters. The topological polar surface area (TPSA) is 82.8 Å². The van der Waals surface area contributed by atoms with Gasteiger partial charge in [0, 0.05) is 31.4 Å². The molecule has 160 valence electrons. The number of carbonyl (C=O) groups is 1. The number of nitrogens with one attached hydrogen (secondary N) is 1. The zero-order chi connectivity index (χ0) is 20.8. The van der Waals surface area contributed by atoms with Crippen LogP contribution in [0.2, 0.25) is 0 Å². The first-order chi connectivity index (χ1) is 14.0. The number of hydrogen-bond acceptors (Lipinski definition) is 7. The Hall–Kier alpha value is -2.00. The summed E-state index contributed by atoms with van der Waals surface area (Å²) >= 11 is 1.41. The lowest BCUT2D eigenvalue weighted by atomic mass is 9.97. The molecule has 29 heavy (non-hydrogen) atoms. The number of hydrogen-bond donors (Lipinski definition) is 1. The fraction of sp³-hybridized carbons (Fsp3) is 0.700. The lowest BCUT2D eigenvalue weighted by Gasteiger charge is -2.31. The van der Waals surface area contributed by atoms with Gasteiger partial charge in [-0.25, -0.2) is 4.98 Å². The summed E-state index contributed by atoms with van der Waals surface area (Å²) in [7, 11) is 2.14. The van der Waals surface area contributed by atoms with Gasteiger partial charge in [0.05, 0.1) is 5.92 Å². The molecule has 1 saturated heterocycles. The molecule has 0 spiro atoms. The molecule has 2 aromatic rings. The van der Waals surface area contributed by atoms with Crippen molar-refractivity contribution >= 4 is 27.3 Å². The molecule has 0 aliphatic carbocycles. The van der Waals surface area contributed by atoms with Gasteiger partial charge in [0.25, 0.3) is 5.56 Å². The Morgan fingerprint density at radius 2 is 2.17 bits per heavy atom. The third-order valence-electron chi connectivity index (χ3n) is 5.33. The van der Waals surface area contributed by atoms with Crippen molar-refractivity contribution in [2.75, 3.05) is 44.7 Å². The zero-order valence-corrected chi connectivity index (χ0v) is 18.5. The number of rotatable bonds is 9. The molecule has 1 amide bonds. The molecular weight excluding hydrogens is 388 g/mol. The highest BCUT2D eigenvalue weighted by Gasteiger charge is 2.27. The molecule has 1 aliphatic heterocycles. The fourth-order valence-electron chi connectivity index (χ4n) is 3.65. The van der Waals surface area contributed by atoms with Crippen LogP contribution in [0.15, 0.2) is 10.9 Å². The van der Waals surface area contributed by atoms with Crippen LogP contribution in [0.4, 0.5) is 5.13 Å². The maximum atomic E-state index is 12.6. The van der Waals surface area contributed by atoms with E-state index in [0.717, 1.165) is 44.0 Å². The Bertz CT molecular complexity index is 879. The molecule has 3 rings (SSSR count). The molecule has 0 bridgehead atoms. The normalized spacial score (nSPS) is 17.2. The summed E-state index contributed by atoms with van der Waals surface area (Å²) < 4.78 is 1.35. The van der Waals surface area contributed by atoms with Gasteiger partial charge in [-0.05, 0) is 52.7 Å². The van der Waals surface area contributed by atoms with Crippen LogP contribution in [0, 0.1) is 12.8 Å². The first-order valence-corrected chi connectivity index (χ1v) is 11.4. The SMILES string of the molecule is CCCCN(C)CCCNC(=O)C1CCCN(c2nn3c(=O)cc(C)nc3s2)C1. The quantitative estimate of drug-likeness (QED) is 0.624. The highest BCUT2D eigenvalue weighted by atomic mass is 32.1. The van der Waals surface area contributed by atoms with E-state index in [1.54, 1.807) is 0 Å². The minimum absolute atomic E-state index is 0.0417. The van der Waals surface area contributed by atoms with Crippen LogP contribution >= 0.6 is 11.3 Å². The second kappa shape index (κ2) is 10.2. The van der Waals surface area contributed by atoms with E-state index in [1.807, 2.05) is 6.92 Å². The number of amides is 1. The van der Waals surface area contributed by atoms with Crippen LogP contribution < -0.4 is 15.8 Å². The average Bonchev–Trinajstić information content (AvgIpc) is 3.14. The molecule has 1 aliphatic rings. The summed E-state index contributed by atoms with van der Waals surface area (Å²) in [5.41, 5.74) is 0.534. The van der Waals surface area contributed by atoms with Crippen molar-refractivity contribution in [1.82, 2.24) is 24.8 Å². The molecule has 0 saturated carbocycles. The van der Waals surface area contributed by atoms with Crippen LogP contribution in [0.5, 0.6) is 0 Å². The number of piperidine rings is 1. The minimum atomic E-state index is -0.162. The lowest BCUT2D eigenvalue weighted by molar-refractivity contribution is -0.125. The second-order valence-corrected chi connectivity index (χ2v) is 8.84. The lowest BCUT2D eigenvalue weighted by Crippen LogP contribution is -2.43. The molecule has 0 aromatic carbocycles. The van der Waals surface area contributed by atoms with Gasteiger partial charge in [0.1, 0.15) is 0 Å². The van der Waals surface area contributed by atoms with Gasteiger partial charge in [-0.1, -0.05) is 24.7 Å². The van der Waals surface area contributed by atoms with E-state index >= 15 is 0 Å². The summed E-state index contributed by atoms with van der Waals surface area (Å²) in [5.74, 6) is 0.0816. The van der Waals surface area contributed by atoms with Crippen LogP contribution in [0.1, 0.15) is 44.7 Å². The largest absolute Gasteiger partial charge is 0.356 e. The molecule has 9 heteroatoms. The van der Waals surface area contributed by atoms with Crippen LogP contribution in [-0.4, -0.2) is 65.2 Å². The summed E-state index contributed by atoms with van der Waals surface area (Å²) in [6, 6.07) is 1.49. The Morgan fingerprint density at radius 3 is 2.97 bits per heavy atom. The van der Waals surface area contributed by atoms with Crippen molar-refractivity contribution in [3.63, 3.8) is 0 Å². The number of unbranched alkanes of at least 4 members (excludes halogenated alkanes) is 1. The summed E-state index contributed by atoms with van der Waals surface area (Å²) in [4.78, 5) is 34.2. The molecule has 0 radical (unpaired) electrons. The van der Waals surface area contributed by atoms with Crippen molar-refractivity contribution in [2.24, 2.45) is 5.92 Å².